The van der Waals surface area contributed by atoms with Crippen molar-refractivity contribution >= 4 is 11.7 Å². The monoisotopic (exact) mass is 299 g/mol. The number of anilines is 1. The number of nitrogens with one attached hydrogen (secondary N) is 1. The zero-order chi connectivity index (χ0) is 15.6. The van der Waals surface area contributed by atoms with Gasteiger partial charge in [-0.1, -0.05) is 0 Å². The van der Waals surface area contributed by atoms with Gasteiger partial charge in [-0.2, -0.15) is 0 Å². The van der Waals surface area contributed by atoms with E-state index in [2.05, 4.69) is 5.32 Å². The van der Waals surface area contributed by atoms with Gasteiger partial charge in [0.1, 0.15) is 24.4 Å². The van der Waals surface area contributed by atoms with E-state index in [1.54, 1.807) is 0 Å². The molecule has 1 aliphatic heterocycles. The maximum Gasteiger partial charge on any atom is 0.335 e. The molecule has 0 aromatic heterocycles. The maximum atomic E-state index is 10.7. The van der Waals surface area contributed by atoms with Crippen LogP contribution in [0.2, 0.25) is 0 Å². The maximum absolute atomic E-state index is 10.7. The van der Waals surface area contributed by atoms with Crippen molar-refractivity contribution in [2.24, 2.45) is 0 Å². The number of benzene rings is 1. The summed E-state index contributed by atoms with van der Waals surface area (Å²) in [6.45, 7) is -0.513. The zero-order valence-corrected chi connectivity index (χ0v) is 11.0. The van der Waals surface area contributed by atoms with Gasteiger partial charge in [0.15, 0.2) is 6.23 Å². The Hall–Kier alpha value is -1.71. The largest absolute Gasteiger partial charge is 0.478 e. The first-order valence-electron chi connectivity index (χ1n) is 6.34. The number of hydrogen-bond donors (Lipinski definition) is 6. The van der Waals surface area contributed by atoms with E-state index in [0.717, 1.165) is 0 Å². The summed E-state index contributed by atoms with van der Waals surface area (Å²) in [5, 5.41) is 49.8. The molecule has 0 spiro atoms. The number of aromatic carboxylic acids is 1. The molecule has 0 saturated carbocycles. The van der Waals surface area contributed by atoms with Crippen LogP contribution in [0.1, 0.15) is 10.4 Å². The average molecular weight is 299 g/mol. The van der Waals surface area contributed by atoms with Gasteiger partial charge in [0.25, 0.3) is 0 Å². The molecule has 0 unspecified atom stereocenters. The Kier molecular flexibility index (Phi) is 4.76. The molecule has 5 atom stereocenters. The third-order valence-electron chi connectivity index (χ3n) is 3.33. The fraction of sp³-hybridized carbons (Fsp3) is 0.462. The average Bonchev–Trinajstić information content (AvgIpc) is 2.48. The summed E-state index contributed by atoms with van der Waals surface area (Å²) in [5.41, 5.74) is 0.568. The summed E-state index contributed by atoms with van der Waals surface area (Å²) >= 11 is 0. The number of carbonyl (C=O) groups is 1. The Morgan fingerprint density at radius 1 is 1.10 bits per heavy atom. The van der Waals surface area contributed by atoms with Crippen molar-refractivity contribution in [1.29, 1.82) is 0 Å². The highest BCUT2D eigenvalue weighted by molar-refractivity contribution is 5.87. The lowest BCUT2D eigenvalue weighted by atomic mass is 9.98. The summed E-state index contributed by atoms with van der Waals surface area (Å²) in [7, 11) is 0. The Morgan fingerprint density at radius 2 is 1.71 bits per heavy atom. The summed E-state index contributed by atoms with van der Waals surface area (Å²) in [5.74, 6) is -1.06. The predicted molar refractivity (Wildman–Crippen MR) is 70.8 cm³/mol. The number of rotatable bonds is 4. The summed E-state index contributed by atoms with van der Waals surface area (Å²) < 4.78 is 5.27. The van der Waals surface area contributed by atoms with Gasteiger partial charge in [-0.05, 0) is 24.3 Å². The first-order chi connectivity index (χ1) is 9.93. The van der Waals surface area contributed by atoms with Gasteiger partial charge in [0, 0.05) is 5.69 Å². The number of aliphatic hydroxyl groups is 4. The minimum Gasteiger partial charge on any atom is -0.478 e. The molecule has 6 N–H and O–H groups in total. The van der Waals surface area contributed by atoms with Crippen LogP contribution in [-0.4, -0.2) is 68.8 Å². The van der Waals surface area contributed by atoms with E-state index in [4.69, 9.17) is 14.9 Å². The van der Waals surface area contributed by atoms with Crippen LogP contribution in [0.5, 0.6) is 0 Å². The molecule has 1 saturated heterocycles. The van der Waals surface area contributed by atoms with Crippen LogP contribution in [0.3, 0.4) is 0 Å². The van der Waals surface area contributed by atoms with Gasteiger partial charge in [-0.3, -0.25) is 0 Å². The van der Waals surface area contributed by atoms with Crippen molar-refractivity contribution in [2.45, 2.75) is 30.6 Å². The Labute approximate surface area is 120 Å². The number of carboxylic acids is 1. The van der Waals surface area contributed by atoms with Crippen LogP contribution < -0.4 is 5.32 Å². The van der Waals surface area contributed by atoms with E-state index in [1.807, 2.05) is 0 Å². The lowest BCUT2D eigenvalue weighted by Gasteiger charge is -2.40. The molecule has 0 radical (unpaired) electrons. The van der Waals surface area contributed by atoms with Crippen LogP contribution in [0.25, 0.3) is 0 Å². The molecule has 8 heteroatoms. The molecule has 21 heavy (non-hydrogen) atoms. The highest BCUT2D eigenvalue weighted by Gasteiger charge is 2.43. The van der Waals surface area contributed by atoms with E-state index in [9.17, 15) is 20.1 Å². The quantitative estimate of drug-likeness (QED) is 0.399. The van der Waals surface area contributed by atoms with E-state index in [1.165, 1.54) is 24.3 Å². The minimum absolute atomic E-state index is 0.106. The third kappa shape index (κ3) is 3.31. The molecule has 116 valence electrons. The van der Waals surface area contributed by atoms with Gasteiger partial charge in [0.2, 0.25) is 0 Å². The fourth-order valence-electron chi connectivity index (χ4n) is 2.09. The fourth-order valence-corrected chi connectivity index (χ4v) is 2.09. The Bertz CT molecular complexity index is 490. The SMILES string of the molecule is O=C(O)c1ccc(N[C@H]2O[C@H](CO)[C@@H](O)[C@H](O)[C@@H]2O)cc1. The summed E-state index contributed by atoms with van der Waals surface area (Å²) in [6.07, 6.45) is -6.33. The van der Waals surface area contributed by atoms with Crippen LogP contribution in [0.15, 0.2) is 24.3 Å². The molecule has 1 aliphatic rings. The summed E-state index contributed by atoms with van der Waals surface area (Å²) in [4.78, 5) is 10.7. The van der Waals surface area contributed by atoms with Crippen molar-refractivity contribution in [3.8, 4) is 0 Å². The number of aliphatic hydroxyl groups excluding tert-OH is 4. The van der Waals surface area contributed by atoms with Crippen LogP contribution >= 0.6 is 0 Å². The molecule has 1 aromatic rings. The molecule has 8 nitrogen and oxygen atoms in total. The molecule has 0 bridgehead atoms. The second-order valence-electron chi connectivity index (χ2n) is 4.78. The van der Waals surface area contributed by atoms with E-state index >= 15 is 0 Å². The Morgan fingerprint density at radius 3 is 2.24 bits per heavy atom. The smallest absolute Gasteiger partial charge is 0.335 e. The minimum atomic E-state index is -1.47. The van der Waals surface area contributed by atoms with Gasteiger partial charge in [-0.15, -0.1) is 0 Å². The second-order valence-corrected chi connectivity index (χ2v) is 4.78. The normalized spacial score (nSPS) is 32.7. The van der Waals surface area contributed by atoms with E-state index in [-0.39, 0.29) is 5.56 Å². The van der Waals surface area contributed by atoms with E-state index in [0.29, 0.717) is 5.69 Å². The van der Waals surface area contributed by atoms with Crippen molar-refractivity contribution in [2.75, 3.05) is 11.9 Å². The van der Waals surface area contributed by atoms with Crippen LogP contribution in [-0.2, 0) is 4.74 Å². The third-order valence-corrected chi connectivity index (χ3v) is 3.33. The number of ether oxygens (including phenoxy) is 1. The lowest BCUT2D eigenvalue weighted by Crippen LogP contribution is -2.60. The lowest BCUT2D eigenvalue weighted by molar-refractivity contribution is -0.221. The van der Waals surface area contributed by atoms with Gasteiger partial charge < -0.3 is 35.6 Å². The number of carboxylic acid groups (broad SMARTS) is 1. The molecule has 1 heterocycles. The molecular weight excluding hydrogens is 282 g/mol. The predicted octanol–water partition coefficient (Wildman–Crippen LogP) is -1.40. The van der Waals surface area contributed by atoms with Crippen molar-refractivity contribution in [1.82, 2.24) is 0 Å². The molecular formula is C13H17NO7. The highest BCUT2D eigenvalue weighted by atomic mass is 16.6. The standard InChI is InChI=1S/C13H17NO7/c15-5-8-9(16)10(17)11(18)12(21-8)14-7-3-1-6(2-4-7)13(19)20/h1-4,8-12,14-18H,5H2,(H,19,20)/t8-,9-,10+,11+,12+/m1/s1. The van der Waals surface area contributed by atoms with Crippen LogP contribution in [0, 0.1) is 0 Å². The molecule has 1 aromatic carbocycles. The Balaban J connectivity index is 2.08. The first-order valence-corrected chi connectivity index (χ1v) is 6.34. The van der Waals surface area contributed by atoms with Gasteiger partial charge >= 0.3 is 5.97 Å². The van der Waals surface area contributed by atoms with Crippen molar-refractivity contribution in [3.63, 3.8) is 0 Å². The molecule has 1 fully saturated rings. The number of hydrogen-bond acceptors (Lipinski definition) is 7. The summed E-state index contributed by atoms with van der Waals surface area (Å²) in [6, 6.07) is 5.69. The highest BCUT2D eigenvalue weighted by Crippen LogP contribution is 2.23. The van der Waals surface area contributed by atoms with Crippen molar-refractivity contribution < 1.29 is 35.1 Å². The van der Waals surface area contributed by atoms with Crippen molar-refractivity contribution in [3.05, 3.63) is 29.8 Å². The molecule has 0 amide bonds. The second kappa shape index (κ2) is 6.37. The topological polar surface area (TPSA) is 139 Å². The van der Waals surface area contributed by atoms with E-state index < -0.39 is 43.2 Å². The van der Waals surface area contributed by atoms with Crippen LogP contribution in [0.4, 0.5) is 5.69 Å². The van der Waals surface area contributed by atoms with Gasteiger partial charge in [-0.25, -0.2) is 4.79 Å². The molecule has 2 rings (SSSR count). The molecule has 0 aliphatic carbocycles. The zero-order valence-electron chi connectivity index (χ0n) is 11.0. The first kappa shape index (κ1) is 15.7. The van der Waals surface area contributed by atoms with Gasteiger partial charge in [0.05, 0.1) is 12.2 Å².